The molecule has 1 aromatic rings. The monoisotopic (exact) mass is 312 g/mol. The van der Waals surface area contributed by atoms with E-state index in [1.54, 1.807) is 12.4 Å². The summed E-state index contributed by atoms with van der Waals surface area (Å²) >= 11 is 3.41. The van der Waals surface area contributed by atoms with Gasteiger partial charge in [-0.3, -0.25) is 9.78 Å². The Bertz CT molecular complexity index is 439. The van der Waals surface area contributed by atoms with Gasteiger partial charge in [-0.1, -0.05) is 15.9 Å². The lowest BCUT2D eigenvalue weighted by Crippen LogP contribution is -2.49. The number of aromatic nitrogens is 1. The first-order valence-corrected chi connectivity index (χ1v) is 7.14. The number of aryl methyl sites for hydroxylation is 1. The molecule has 5 heteroatoms. The van der Waals surface area contributed by atoms with Crippen molar-refractivity contribution in [2.24, 2.45) is 0 Å². The van der Waals surface area contributed by atoms with E-state index in [4.69, 9.17) is 4.74 Å². The maximum atomic E-state index is 12.4. The molecule has 18 heavy (non-hydrogen) atoms. The predicted octanol–water partition coefficient (Wildman–Crippen LogP) is 2.01. The van der Waals surface area contributed by atoms with E-state index in [1.165, 1.54) is 0 Å². The fourth-order valence-electron chi connectivity index (χ4n) is 2.15. The molecule has 98 valence electrons. The molecule has 2 atom stereocenters. The summed E-state index contributed by atoms with van der Waals surface area (Å²) in [7, 11) is 0. The van der Waals surface area contributed by atoms with E-state index in [-0.39, 0.29) is 18.1 Å². The highest BCUT2D eigenvalue weighted by Crippen LogP contribution is 2.16. The van der Waals surface area contributed by atoms with Crippen molar-refractivity contribution in [3.05, 3.63) is 29.6 Å². The molecule has 0 aliphatic carbocycles. The molecule has 1 fully saturated rings. The van der Waals surface area contributed by atoms with Crippen molar-refractivity contribution < 1.29 is 9.53 Å². The maximum absolute atomic E-state index is 12.4. The molecule has 0 aromatic carbocycles. The average Bonchev–Trinajstić information content (AvgIpc) is 2.37. The zero-order valence-corrected chi connectivity index (χ0v) is 12.2. The Balaban J connectivity index is 2.13. The molecular weight excluding hydrogens is 296 g/mol. The van der Waals surface area contributed by atoms with Gasteiger partial charge in [0.15, 0.2) is 0 Å². The largest absolute Gasteiger partial charge is 0.371 e. The number of hydrogen-bond donors (Lipinski definition) is 0. The highest BCUT2D eigenvalue weighted by Gasteiger charge is 2.28. The Labute approximate surface area is 115 Å². The number of carbonyl (C=O) groups is 1. The number of nitrogens with zero attached hydrogens (tertiary/aromatic N) is 2. The number of hydrogen-bond acceptors (Lipinski definition) is 3. The number of halogens is 1. The Morgan fingerprint density at radius 3 is 3.00 bits per heavy atom. The smallest absolute Gasteiger partial charge is 0.255 e. The molecule has 0 radical (unpaired) electrons. The number of amides is 1. The molecule has 1 aliphatic rings. The minimum atomic E-state index is 0.0345. The van der Waals surface area contributed by atoms with Crippen LogP contribution in [0.1, 0.15) is 22.8 Å². The molecule has 2 unspecified atom stereocenters. The number of alkyl halides is 1. The third-order valence-corrected chi connectivity index (χ3v) is 3.63. The van der Waals surface area contributed by atoms with Gasteiger partial charge in [0.1, 0.15) is 0 Å². The van der Waals surface area contributed by atoms with Gasteiger partial charge < -0.3 is 9.64 Å². The molecule has 1 aliphatic heterocycles. The minimum absolute atomic E-state index is 0.0345. The second-order valence-corrected chi connectivity index (χ2v) is 5.33. The molecule has 4 nitrogen and oxygen atoms in total. The van der Waals surface area contributed by atoms with E-state index < -0.39 is 0 Å². The van der Waals surface area contributed by atoms with Crippen molar-refractivity contribution in [3.8, 4) is 0 Å². The summed E-state index contributed by atoms with van der Waals surface area (Å²) < 4.78 is 5.72. The van der Waals surface area contributed by atoms with E-state index in [9.17, 15) is 4.79 Å². The molecule has 0 spiro atoms. The van der Waals surface area contributed by atoms with Crippen molar-refractivity contribution in [2.75, 3.05) is 18.4 Å². The van der Waals surface area contributed by atoms with E-state index in [2.05, 4.69) is 20.9 Å². The van der Waals surface area contributed by atoms with Gasteiger partial charge in [0.25, 0.3) is 5.91 Å². The van der Waals surface area contributed by atoms with Crippen LogP contribution in [0.15, 0.2) is 18.5 Å². The topological polar surface area (TPSA) is 42.4 Å². The van der Waals surface area contributed by atoms with Crippen LogP contribution in [0.25, 0.3) is 0 Å². The average molecular weight is 313 g/mol. The van der Waals surface area contributed by atoms with Gasteiger partial charge in [0.05, 0.1) is 17.8 Å². The lowest BCUT2D eigenvalue weighted by molar-refractivity contribution is -0.0559. The predicted molar refractivity (Wildman–Crippen MR) is 73.0 cm³/mol. The maximum Gasteiger partial charge on any atom is 0.255 e. The van der Waals surface area contributed by atoms with E-state index in [0.717, 1.165) is 10.9 Å². The quantitative estimate of drug-likeness (QED) is 0.785. The summed E-state index contributed by atoms with van der Waals surface area (Å²) in [5, 5.41) is 0.743. The second kappa shape index (κ2) is 5.80. The fourth-order valence-corrected chi connectivity index (χ4v) is 2.51. The van der Waals surface area contributed by atoms with Gasteiger partial charge in [-0.2, -0.15) is 0 Å². The number of carbonyl (C=O) groups excluding carboxylic acids is 1. The Morgan fingerprint density at radius 2 is 2.33 bits per heavy atom. The number of rotatable bonds is 2. The zero-order valence-electron chi connectivity index (χ0n) is 10.6. The van der Waals surface area contributed by atoms with Crippen molar-refractivity contribution in [1.29, 1.82) is 0 Å². The summed E-state index contributed by atoms with van der Waals surface area (Å²) in [6.45, 7) is 5.19. The van der Waals surface area contributed by atoms with Crippen molar-refractivity contribution >= 4 is 21.8 Å². The Kier molecular flexibility index (Phi) is 4.35. The van der Waals surface area contributed by atoms with Gasteiger partial charge in [-0.15, -0.1) is 0 Å². The first-order valence-electron chi connectivity index (χ1n) is 6.02. The van der Waals surface area contributed by atoms with Crippen molar-refractivity contribution in [2.45, 2.75) is 26.1 Å². The molecule has 1 saturated heterocycles. The molecule has 1 aromatic heterocycles. The second-order valence-electron chi connectivity index (χ2n) is 4.68. The van der Waals surface area contributed by atoms with Crippen molar-refractivity contribution in [3.63, 3.8) is 0 Å². The van der Waals surface area contributed by atoms with Gasteiger partial charge in [-0.25, -0.2) is 0 Å². The van der Waals surface area contributed by atoms with Crippen LogP contribution in [0, 0.1) is 6.92 Å². The van der Waals surface area contributed by atoms with E-state index in [0.29, 0.717) is 18.7 Å². The van der Waals surface area contributed by atoms with Crippen LogP contribution in [0.3, 0.4) is 0 Å². The fraction of sp³-hybridized carbons (Fsp3) is 0.538. The number of morpholine rings is 1. The van der Waals surface area contributed by atoms with Gasteiger partial charge >= 0.3 is 0 Å². The number of pyridine rings is 1. The third kappa shape index (κ3) is 3.09. The van der Waals surface area contributed by atoms with Gasteiger partial charge in [0.2, 0.25) is 0 Å². The Morgan fingerprint density at radius 1 is 1.56 bits per heavy atom. The van der Waals surface area contributed by atoms with E-state index in [1.807, 2.05) is 24.8 Å². The lowest BCUT2D eigenvalue weighted by atomic mass is 10.1. The standard InChI is InChI=1S/C13H17BrN2O2/c1-9-3-11(6-15-5-9)13(17)16-7-10(2)18-12(4-14)8-16/h3,5-6,10,12H,4,7-8H2,1-2H3. The van der Waals surface area contributed by atoms with Crippen LogP contribution in [-0.2, 0) is 4.74 Å². The highest BCUT2D eigenvalue weighted by atomic mass is 79.9. The van der Waals surface area contributed by atoms with Crippen LogP contribution < -0.4 is 0 Å². The summed E-state index contributed by atoms with van der Waals surface area (Å²) in [6.07, 6.45) is 3.51. The first kappa shape index (κ1) is 13.5. The van der Waals surface area contributed by atoms with Crippen LogP contribution >= 0.6 is 15.9 Å². The molecule has 0 saturated carbocycles. The van der Waals surface area contributed by atoms with Crippen LogP contribution in [-0.4, -0.2) is 46.4 Å². The van der Waals surface area contributed by atoms with Crippen LogP contribution in [0.2, 0.25) is 0 Å². The van der Waals surface area contributed by atoms with E-state index >= 15 is 0 Å². The normalized spacial score (nSPS) is 24.1. The molecule has 2 heterocycles. The van der Waals surface area contributed by atoms with Crippen LogP contribution in [0.4, 0.5) is 0 Å². The SMILES string of the molecule is Cc1cncc(C(=O)N2CC(C)OC(CBr)C2)c1. The zero-order chi connectivity index (χ0) is 13.1. The summed E-state index contributed by atoms with van der Waals surface area (Å²) in [5.41, 5.74) is 1.65. The molecule has 2 rings (SSSR count). The lowest BCUT2D eigenvalue weighted by Gasteiger charge is -2.36. The minimum Gasteiger partial charge on any atom is -0.371 e. The summed E-state index contributed by atoms with van der Waals surface area (Å²) in [5.74, 6) is 0.0345. The first-order chi connectivity index (χ1) is 8.60. The molecule has 0 bridgehead atoms. The molecule has 0 N–H and O–H groups in total. The molecule has 1 amide bonds. The summed E-state index contributed by atoms with van der Waals surface area (Å²) in [4.78, 5) is 18.3. The third-order valence-electron chi connectivity index (χ3n) is 2.91. The molecular formula is C13H17BrN2O2. The summed E-state index contributed by atoms with van der Waals surface area (Å²) in [6, 6.07) is 1.87. The van der Waals surface area contributed by atoms with Gasteiger partial charge in [-0.05, 0) is 25.5 Å². The number of ether oxygens (including phenoxy) is 1. The van der Waals surface area contributed by atoms with Gasteiger partial charge in [0, 0.05) is 30.8 Å². The Hall–Kier alpha value is -0.940. The highest BCUT2D eigenvalue weighted by molar-refractivity contribution is 9.09. The van der Waals surface area contributed by atoms with Crippen molar-refractivity contribution in [1.82, 2.24) is 9.88 Å². The van der Waals surface area contributed by atoms with Crippen LogP contribution in [0.5, 0.6) is 0 Å².